The molecule has 0 aromatic carbocycles. The normalized spacial score (nSPS) is 25.3. The fourth-order valence-electron chi connectivity index (χ4n) is 9.71. The van der Waals surface area contributed by atoms with E-state index in [1.54, 1.807) is 6.08 Å². The topological polar surface area (TPSA) is 228 Å². The zero-order chi connectivity index (χ0) is 55.3. The predicted octanol–water partition coefficient (Wildman–Crippen LogP) is 10.6. The van der Waals surface area contributed by atoms with Crippen molar-refractivity contribution >= 4 is 5.91 Å². The minimum Gasteiger partial charge on any atom is -0.394 e. The average molecular weight is 1080 g/mol. The number of rotatable bonds is 48. The van der Waals surface area contributed by atoms with Crippen LogP contribution in [0.15, 0.2) is 60.8 Å². The number of hydrogen-bond donors (Lipinski definition) is 9. The lowest BCUT2D eigenvalue weighted by Crippen LogP contribution is -2.65. The first-order valence-corrected chi connectivity index (χ1v) is 30.5. The van der Waals surface area contributed by atoms with Crippen molar-refractivity contribution < 1.29 is 64.6 Å². The minimum atomic E-state index is -1.79. The van der Waals surface area contributed by atoms with Crippen molar-refractivity contribution in [3.8, 4) is 0 Å². The number of carbonyl (C=O) groups excluding carboxylic acids is 1. The summed E-state index contributed by atoms with van der Waals surface area (Å²) in [5.41, 5.74) is 0. The molecule has 12 atom stereocenters. The molecular weight excluding hydrogens is 967 g/mol. The Morgan fingerprint density at radius 2 is 0.908 bits per heavy atom. The Kier molecular flexibility index (Phi) is 43.6. The van der Waals surface area contributed by atoms with Crippen molar-refractivity contribution in [1.82, 2.24) is 5.32 Å². The quantitative estimate of drug-likeness (QED) is 0.0204. The molecule has 0 saturated carbocycles. The van der Waals surface area contributed by atoms with Gasteiger partial charge in [0.15, 0.2) is 12.6 Å². The van der Waals surface area contributed by atoms with Gasteiger partial charge in [-0.1, -0.05) is 216 Å². The van der Waals surface area contributed by atoms with Gasteiger partial charge in [-0.05, 0) is 70.6 Å². The molecule has 2 fully saturated rings. The number of nitrogens with one attached hydrogen (secondary N) is 1. The van der Waals surface area contributed by atoms with Crippen molar-refractivity contribution in [3.05, 3.63) is 60.8 Å². The Morgan fingerprint density at radius 1 is 0.474 bits per heavy atom. The second kappa shape index (κ2) is 47.5. The molecule has 12 unspecified atom stereocenters. The molecule has 2 rings (SSSR count). The third-order valence-corrected chi connectivity index (χ3v) is 14.6. The van der Waals surface area contributed by atoms with Gasteiger partial charge in [-0.25, -0.2) is 0 Å². The Bertz CT molecular complexity index is 1510. The number of aliphatic hydroxyl groups excluding tert-OH is 8. The first-order chi connectivity index (χ1) is 37.1. The highest BCUT2D eigenvalue weighted by Gasteiger charge is 2.51. The van der Waals surface area contributed by atoms with Crippen LogP contribution in [0.25, 0.3) is 0 Å². The Hall–Kier alpha value is -2.31. The number of amides is 1. The summed E-state index contributed by atoms with van der Waals surface area (Å²) in [6.45, 7) is 2.68. The van der Waals surface area contributed by atoms with Gasteiger partial charge in [0.25, 0.3) is 0 Å². The van der Waals surface area contributed by atoms with E-state index in [-0.39, 0.29) is 18.9 Å². The highest BCUT2D eigenvalue weighted by atomic mass is 16.7. The first-order valence-electron chi connectivity index (χ1n) is 30.5. The number of ether oxygens (including phenoxy) is 4. The second-order valence-electron chi connectivity index (χ2n) is 21.5. The van der Waals surface area contributed by atoms with E-state index in [4.69, 9.17) is 18.9 Å². The highest BCUT2D eigenvalue weighted by molar-refractivity contribution is 5.76. The highest BCUT2D eigenvalue weighted by Crippen LogP contribution is 2.30. The van der Waals surface area contributed by atoms with Crippen LogP contribution in [0.4, 0.5) is 0 Å². The van der Waals surface area contributed by atoms with Crippen LogP contribution in [0, 0.1) is 0 Å². The van der Waals surface area contributed by atoms with E-state index >= 15 is 0 Å². The van der Waals surface area contributed by atoms with Crippen LogP contribution in [-0.4, -0.2) is 140 Å². The van der Waals surface area contributed by atoms with Crippen LogP contribution in [0.3, 0.4) is 0 Å². The van der Waals surface area contributed by atoms with Crippen molar-refractivity contribution in [2.24, 2.45) is 0 Å². The maximum absolute atomic E-state index is 13.2. The first kappa shape index (κ1) is 69.8. The largest absolute Gasteiger partial charge is 0.394 e. The van der Waals surface area contributed by atoms with Gasteiger partial charge in [0.1, 0.15) is 48.8 Å². The SMILES string of the molecule is CCC/C=C/CC/C=C/CC/C=C/C(O)C(COC1OC(CO)C(OC2OC(CO)C(O)C(O)C2O)C(O)C1O)NC(=O)CCCCCCCCCCCCCCCCCCCCC/C=C\C/C=C\CCCCCCC. The van der Waals surface area contributed by atoms with E-state index in [2.05, 4.69) is 67.8 Å². The van der Waals surface area contributed by atoms with E-state index < -0.39 is 86.8 Å². The zero-order valence-corrected chi connectivity index (χ0v) is 47.5. The summed E-state index contributed by atoms with van der Waals surface area (Å²) in [5, 5.41) is 86.9. The predicted molar refractivity (Wildman–Crippen MR) is 304 cm³/mol. The molecule has 0 spiro atoms. The molecule has 14 heteroatoms. The molecule has 76 heavy (non-hydrogen) atoms. The summed E-state index contributed by atoms with van der Waals surface area (Å²) >= 11 is 0. The van der Waals surface area contributed by atoms with Crippen molar-refractivity contribution in [2.45, 2.75) is 306 Å². The standard InChI is InChI=1S/C62H111NO13/c1-3-5-7-9-11-13-15-16-17-18-19-20-21-22-23-24-25-26-27-28-29-30-31-32-33-34-36-38-40-42-44-46-54(67)63-50(51(66)45-43-41-39-37-35-14-12-10-8-6-4-2)49-73-61-59(72)57(70)60(53(48-65)75-61)76-62-58(71)56(69)55(68)52(47-64)74-62/h8,10,15-16,18-19,35,37,43,45,50-53,55-62,64-66,68-72H,3-7,9,11-14,17,20-34,36,38-42,44,46-49H2,1-2H3,(H,63,67)/b10-8+,16-15-,19-18-,37-35+,45-43+. The monoisotopic (exact) mass is 1080 g/mol. The molecule has 14 nitrogen and oxygen atoms in total. The lowest BCUT2D eigenvalue weighted by atomic mass is 9.97. The second-order valence-corrected chi connectivity index (χ2v) is 21.5. The number of hydrogen-bond acceptors (Lipinski definition) is 13. The fraction of sp³-hybridized carbons (Fsp3) is 0.823. The smallest absolute Gasteiger partial charge is 0.220 e. The van der Waals surface area contributed by atoms with Gasteiger partial charge in [-0.2, -0.15) is 0 Å². The van der Waals surface area contributed by atoms with E-state index in [0.29, 0.717) is 12.8 Å². The lowest BCUT2D eigenvalue weighted by molar-refractivity contribution is -0.359. The summed E-state index contributed by atoms with van der Waals surface area (Å²) in [6.07, 6.45) is 44.4. The molecule has 0 radical (unpaired) electrons. The Labute approximate surface area is 460 Å². The molecular formula is C62H111NO13. The van der Waals surface area contributed by atoms with Crippen LogP contribution in [0.2, 0.25) is 0 Å². The molecule has 0 aromatic rings. The molecule has 442 valence electrons. The summed E-state index contributed by atoms with van der Waals surface area (Å²) in [7, 11) is 0. The van der Waals surface area contributed by atoms with Crippen LogP contribution in [-0.2, 0) is 23.7 Å². The maximum atomic E-state index is 13.2. The number of aliphatic hydroxyl groups is 8. The van der Waals surface area contributed by atoms with Gasteiger partial charge < -0.3 is 65.1 Å². The molecule has 0 aliphatic carbocycles. The molecule has 1 amide bonds. The van der Waals surface area contributed by atoms with Gasteiger partial charge in [0, 0.05) is 6.42 Å². The van der Waals surface area contributed by atoms with Crippen LogP contribution in [0.1, 0.15) is 232 Å². The molecule has 9 N–H and O–H groups in total. The molecule has 2 aliphatic heterocycles. The summed E-state index contributed by atoms with van der Waals surface area (Å²) in [6, 6.07) is -0.937. The van der Waals surface area contributed by atoms with Gasteiger partial charge >= 0.3 is 0 Å². The number of unbranched alkanes of at least 4 members (excludes halogenated alkanes) is 27. The van der Waals surface area contributed by atoms with Crippen molar-refractivity contribution in [1.29, 1.82) is 0 Å². The third kappa shape index (κ3) is 32.7. The van der Waals surface area contributed by atoms with Gasteiger partial charge in [-0.15, -0.1) is 0 Å². The van der Waals surface area contributed by atoms with Crippen LogP contribution >= 0.6 is 0 Å². The van der Waals surface area contributed by atoms with Gasteiger partial charge in [0.05, 0.1) is 32.0 Å². The van der Waals surface area contributed by atoms with Crippen LogP contribution < -0.4 is 5.32 Å². The van der Waals surface area contributed by atoms with Crippen LogP contribution in [0.5, 0.6) is 0 Å². The lowest BCUT2D eigenvalue weighted by Gasteiger charge is -2.46. The third-order valence-electron chi connectivity index (χ3n) is 14.6. The molecule has 2 saturated heterocycles. The number of carbonyl (C=O) groups is 1. The van der Waals surface area contributed by atoms with E-state index in [9.17, 15) is 45.6 Å². The average Bonchev–Trinajstić information content (AvgIpc) is 3.42. The van der Waals surface area contributed by atoms with Crippen molar-refractivity contribution in [3.63, 3.8) is 0 Å². The minimum absolute atomic E-state index is 0.254. The number of allylic oxidation sites excluding steroid dienone is 9. The molecule has 0 aromatic heterocycles. The summed E-state index contributed by atoms with van der Waals surface area (Å²) < 4.78 is 22.7. The maximum Gasteiger partial charge on any atom is 0.220 e. The fourth-order valence-corrected chi connectivity index (χ4v) is 9.71. The summed E-state index contributed by atoms with van der Waals surface area (Å²) in [4.78, 5) is 13.2. The Balaban J connectivity index is 1.64. The van der Waals surface area contributed by atoms with E-state index in [1.807, 2.05) is 6.08 Å². The van der Waals surface area contributed by atoms with E-state index in [1.165, 1.54) is 141 Å². The van der Waals surface area contributed by atoms with E-state index in [0.717, 1.165) is 57.8 Å². The molecule has 2 heterocycles. The zero-order valence-electron chi connectivity index (χ0n) is 47.5. The van der Waals surface area contributed by atoms with Gasteiger partial charge in [0.2, 0.25) is 5.91 Å². The van der Waals surface area contributed by atoms with Gasteiger partial charge in [-0.3, -0.25) is 4.79 Å². The summed E-state index contributed by atoms with van der Waals surface area (Å²) in [5.74, 6) is -0.254. The Morgan fingerprint density at radius 3 is 1.41 bits per heavy atom. The molecule has 2 aliphatic rings. The molecule has 0 bridgehead atoms. The van der Waals surface area contributed by atoms with Crippen molar-refractivity contribution in [2.75, 3.05) is 19.8 Å².